The minimum Gasteiger partial charge on any atom is -0.497 e. The summed E-state index contributed by atoms with van der Waals surface area (Å²) < 4.78 is 14.2. The van der Waals surface area contributed by atoms with Crippen molar-refractivity contribution >= 4 is 5.97 Å². The lowest BCUT2D eigenvalue weighted by molar-refractivity contribution is 0.0518. The van der Waals surface area contributed by atoms with Crippen LogP contribution in [0.4, 0.5) is 0 Å². The van der Waals surface area contributed by atoms with Gasteiger partial charge in [-0.1, -0.05) is 5.21 Å². The number of esters is 1. The van der Waals surface area contributed by atoms with Crippen LogP contribution in [0.25, 0.3) is 16.9 Å². The first-order valence-corrected chi connectivity index (χ1v) is 7.96. The Morgan fingerprint density at radius 2 is 2.20 bits per heavy atom. The summed E-state index contributed by atoms with van der Waals surface area (Å²) in [4.78, 5) is 16.5. The standard InChI is InChI=1S/C17H17N5O3/c1-4-25-17(23)15-14-8-22-16(10(2)19-20-22)12-7-11(24-3)5-6-13(12)21(14)9-18-15/h5-7,9H,4,8H2,1-3H3. The molecule has 0 saturated heterocycles. The molecule has 8 heteroatoms. The molecule has 3 heterocycles. The van der Waals surface area contributed by atoms with E-state index in [1.54, 1.807) is 25.0 Å². The van der Waals surface area contributed by atoms with Crippen LogP contribution in [-0.2, 0) is 11.3 Å². The molecule has 4 rings (SSSR count). The molecule has 0 amide bonds. The van der Waals surface area contributed by atoms with Gasteiger partial charge in [0, 0.05) is 5.56 Å². The first-order chi connectivity index (χ1) is 12.1. The van der Waals surface area contributed by atoms with Gasteiger partial charge in [0.25, 0.3) is 0 Å². The van der Waals surface area contributed by atoms with Gasteiger partial charge in [-0.15, -0.1) is 5.10 Å². The molecule has 128 valence electrons. The molecule has 2 aromatic heterocycles. The molecule has 0 radical (unpaired) electrons. The van der Waals surface area contributed by atoms with Gasteiger partial charge in [-0.05, 0) is 32.0 Å². The molecule has 0 N–H and O–H groups in total. The van der Waals surface area contributed by atoms with Crippen LogP contribution in [0.2, 0.25) is 0 Å². The first kappa shape index (κ1) is 15.4. The van der Waals surface area contributed by atoms with Crippen molar-refractivity contribution in [2.24, 2.45) is 0 Å². The number of benzene rings is 1. The summed E-state index contributed by atoms with van der Waals surface area (Å²) in [5, 5.41) is 8.42. The number of nitrogens with zero attached hydrogens (tertiary/aromatic N) is 5. The minimum atomic E-state index is -0.438. The van der Waals surface area contributed by atoms with Crippen LogP contribution >= 0.6 is 0 Å². The van der Waals surface area contributed by atoms with Crippen molar-refractivity contribution in [3.63, 3.8) is 0 Å². The van der Waals surface area contributed by atoms with Crippen molar-refractivity contribution in [3.8, 4) is 22.7 Å². The second-order valence-corrected chi connectivity index (χ2v) is 5.69. The van der Waals surface area contributed by atoms with E-state index in [4.69, 9.17) is 9.47 Å². The molecule has 0 aliphatic carbocycles. The normalized spacial score (nSPS) is 12.0. The average molecular weight is 339 g/mol. The average Bonchev–Trinajstić information content (AvgIpc) is 3.15. The molecular weight excluding hydrogens is 322 g/mol. The highest BCUT2D eigenvalue weighted by atomic mass is 16.5. The summed E-state index contributed by atoms with van der Waals surface area (Å²) >= 11 is 0. The molecule has 0 atom stereocenters. The van der Waals surface area contributed by atoms with Crippen LogP contribution in [0, 0.1) is 6.92 Å². The maximum Gasteiger partial charge on any atom is 0.358 e. The van der Waals surface area contributed by atoms with E-state index in [0.29, 0.717) is 24.5 Å². The van der Waals surface area contributed by atoms with E-state index in [-0.39, 0.29) is 0 Å². The third-order valence-electron chi connectivity index (χ3n) is 4.26. The molecule has 0 bridgehead atoms. The van der Waals surface area contributed by atoms with Gasteiger partial charge < -0.3 is 9.47 Å². The van der Waals surface area contributed by atoms with E-state index < -0.39 is 5.97 Å². The van der Waals surface area contributed by atoms with E-state index in [0.717, 1.165) is 28.4 Å². The maximum absolute atomic E-state index is 12.3. The van der Waals surface area contributed by atoms with Gasteiger partial charge in [0.05, 0.1) is 43.0 Å². The molecular formula is C17H17N5O3. The summed E-state index contributed by atoms with van der Waals surface area (Å²) in [6.45, 7) is 4.36. The number of imidazole rings is 1. The highest BCUT2D eigenvalue weighted by molar-refractivity contribution is 5.89. The Morgan fingerprint density at radius 1 is 1.36 bits per heavy atom. The Bertz CT molecular complexity index is 973. The Hall–Kier alpha value is -3.16. The molecule has 1 aliphatic heterocycles. The largest absolute Gasteiger partial charge is 0.497 e. The second-order valence-electron chi connectivity index (χ2n) is 5.69. The first-order valence-electron chi connectivity index (χ1n) is 7.96. The number of carbonyl (C=O) groups is 1. The van der Waals surface area contributed by atoms with Gasteiger partial charge in [-0.3, -0.25) is 4.57 Å². The number of hydrogen-bond donors (Lipinski definition) is 0. The van der Waals surface area contributed by atoms with Crippen LogP contribution in [0.3, 0.4) is 0 Å². The van der Waals surface area contributed by atoms with Crippen molar-refractivity contribution < 1.29 is 14.3 Å². The maximum atomic E-state index is 12.3. The molecule has 0 unspecified atom stereocenters. The third-order valence-corrected chi connectivity index (χ3v) is 4.26. The van der Waals surface area contributed by atoms with E-state index >= 15 is 0 Å². The number of rotatable bonds is 3. The van der Waals surface area contributed by atoms with Crippen LogP contribution in [0.15, 0.2) is 24.5 Å². The lowest BCUT2D eigenvalue weighted by Gasteiger charge is -2.11. The van der Waals surface area contributed by atoms with Gasteiger partial charge >= 0.3 is 5.97 Å². The highest BCUT2D eigenvalue weighted by Gasteiger charge is 2.28. The number of ether oxygens (including phenoxy) is 2. The van der Waals surface area contributed by atoms with Gasteiger partial charge in [-0.25, -0.2) is 14.5 Å². The molecule has 25 heavy (non-hydrogen) atoms. The zero-order chi connectivity index (χ0) is 17.6. The summed E-state index contributed by atoms with van der Waals surface area (Å²) in [6.07, 6.45) is 1.64. The van der Waals surface area contributed by atoms with Crippen LogP contribution < -0.4 is 4.74 Å². The molecule has 3 aromatic rings. The molecule has 1 aliphatic rings. The van der Waals surface area contributed by atoms with Crippen LogP contribution in [0.1, 0.15) is 28.8 Å². The van der Waals surface area contributed by atoms with E-state index in [2.05, 4.69) is 15.3 Å². The fraction of sp³-hybridized carbons (Fsp3) is 0.294. The quantitative estimate of drug-likeness (QED) is 0.531. The van der Waals surface area contributed by atoms with Crippen molar-refractivity contribution in [3.05, 3.63) is 41.6 Å². The molecule has 0 fully saturated rings. The predicted octanol–water partition coefficient (Wildman–Crippen LogP) is 1.99. The van der Waals surface area contributed by atoms with Gasteiger partial charge in [-0.2, -0.15) is 0 Å². The number of fused-ring (bicyclic) bond motifs is 5. The molecule has 0 spiro atoms. The van der Waals surface area contributed by atoms with Gasteiger partial charge in [0.15, 0.2) is 5.69 Å². The van der Waals surface area contributed by atoms with E-state index in [1.165, 1.54) is 0 Å². The fourth-order valence-corrected chi connectivity index (χ4v) is 3.13. The summed E-state index contributed by atoms with van der Waals surface area (Å²) in [5.41, 5.74) is 4.54. The molecule has 0 saturated carbocycles. The van der Waals surface area contributed by atoms with Crippen molar-refractivity contribution in [2.45, 2.75) is 20.4 Å². The van der Waals surface area contributed by atoms with E-state index in [1.807, 2.05) is 29.7 Å². The monoisotopic (exact) mass is 339 g/mol. The Morgan fingerprint density at radius 3 is 2.96 bits per heavy atom. The molecule has 8 nitrogen and oxygen atoms in total. The zero-order valence-corrected chi connectivity index (χ0v) is 14.2. The Kier molecular flexibility index (Phi) is 3.52. The van der Waals surface area contributed by atoms with E-state index in [9.17, 15) is 4.79 Å². The predicted molar refractivity (Wildman–Crippen MR) is 88.9 cm³/mol. The third kappa shape index (κ3) is 2.29. The van der Waals surface area contributed by atoms with Crippen molar-refractivity contribution in [1.82, 2.24) is 24.5 Å². The summed E-state index contributed by atoms with van der Waals surface area (Å²) in [6, 6.07) is 5.76. The van der Waals surface area contributed by atoms with Crippen molar-refractivity contribution in [2.75, 3.05) is 13.7 Å². The van der Waals surface area contributed by atoms with Crippen molar-refractivity contribution in [1.29, 1.82) is 0 Å². The SMILES string of the molecule is CCOC(=O)c1ncn2c1Cn1nnc(C)c1-c1cc(OC)ccc1-2. The number of aromatic nitrogens is 5. The zero-order valence-electron chi connectivity index (χ0n) is 14.2. The molecule has 1 aromatic carbocycles. The number of methoxy groups -OCH3 is 1. The van der Waals surface area contributed by atoms with Gasteiger partial charge in [0.1, 0.15) is 12.1 Å². The number of aryl methyl sites for hydroxylation is 1. The number of carbonyl (C=O) groups excluding carboxylic acids is 1. The Balaban J connectivity index is 1.98. The van der Waals surface area contributed by atoms with Gasteiger partial charge in [0.2, 0.25) is 0 Å². The second kappa shape index (κ2) is 5.73. The Labute approximate surface area is 144 Å². The fourth-order valence-electron chi connectivity index (χ4n) is 3.13. The minimum absolute atomic E-state index is 0.296. The topological polar surface area (TPSA) is 84.1 Å². The smallest absolute Gasteiger partial charge is 0.358 e. The van der Waals surface area contributed by atoms with Crippen LogP contribution in [0.5, 0.6) is 5.75 Å². The van der Waals surface area contributed by atoms with Crippen LogP contribution in [-0.4, -0.2) is 44.2 Å². The lowest BCUT2D eigenvalue weighted by atomic mass is 10.1. The summed E-state index contributed by atoms with van der Waals surface area (Å²) in [5.74, 6) is 0.298. The number of hydrogen-bond acceptors (Lipinski definition) is 6. The lowest BCUT2D eigenvalue weighted by Crippen LogP contribution is -2.12. The highest BCUT2D eigenvalue weighted by Crippen LogP contribution is 2.36. The summed E-state index contributed by atoms with van der Waals surface area (Å²) in [7, 11) is 1.63.